The molecule has 0 N–H and O–H groups in total. The molecule has 0 saturated heterocycles. The van der Waals surface area contributed by atoms with Crippen molar-refractivity contribution in [2.75, 3.05) is 0 Å². The Bertz CT molecular complexity index is 561. The van der Waals surface area contributed by atoms with Gasteiger partial charge < -0.3 is 4.57 Å². The van der Waals surface area contributed by atoms with Gasteiger partial charge in [0.1, 0.15) is 11.6 Å². The largest absolute Gasteiger partial charge is 0.327 e. The minimum atomic E-state index is -0.230. The Kier molecular flexibility index (Phi) is 4.46. The lowest BCUT2D eigenvalue weighted by molar-refractivity contribution is 0.509. The highest BCUT2D eigenvalue weighted by molar-refractivity contribution is 6.20. The smallest absolute Gasteiger partial charge is 0.127 e. The van der Waals surface area contributed by atoms with E-state index in [0.717, 1.165) is 36.2 Å². The van der Waals surface area contributed by atoms with Crippen LogP contribution in [0.15, 0.2) is 18.2 Å². The molecule has 0 bridgehead atoms. The van der Waals surface area contributed by atoms with Crippen molar-refractivity contribution in [3.05, 3.63) is 29.8 Å². The number of imidazole rings is 1. The second kappa shape index (κ2) is 5.91. The molecule has 2 aromatic rings. The second-order valence-corrected chi connectivity index (χ2v) is 6.06. The molecule has 0 saturated carbocycles. The molecule has 1 unspecified atom stereocenters. The number of aryl methyl sites for hydroxylation is 1. The second-order valence-electron chi connectivity index (χ2n) is 5.41. The lowest BCUT2D eigenvalue weighted by Crippen LogP contribution is -2.05. The molecule has 0 spiro atoms. The maximum atomic E-state index is 13.4. The molecule has 1 aromatic heterocycles. The number of fused-ring (bicyclic) bond motifs is 1. The number of hydrogen-bond donors (Lipinski definition) is 0. The third-order valence-electron chi connectivity index (χ3n) is 3.26. The zero-order chi connectivity index (χ0) is 14.0. The lowest BCUT2D eigenvalue weighted by atomic mass is 10.1. The van der Waals surface area contributed by atoms with E-state index in [9.17, 15) is 4.39 Å². The highest BCUT2D eigenvalue weighted by Gasteiger charge is 2.15. The molecular formula is C15H20ClFN2. The van der Waals surface area contributed by atoms with Gasteiger partial charge in [-0.05, 0) is 43.9 Å². The van der Waals surface area contributed by atoms with Gasteiger partial charge in [0.05, 0.1) is 16.4 Å². The fourth-order valence-corrected chi connectivity index (χ4v) is 2.48. The van der Waals surface area contributed by atoms with E-state index < -0.39 is 0 Å². The number of alkyl halides is 1. The van der Waals surface area contributed by atoms with Crippen LogP contribution in [0.2, 0.25) is 0 Å². The Balaban J connectivity index is 2.36. The van der Waals surface area contributed by atoms with Crippen molar-refractivity contribution < 1.29 is 4.39 Å². The van der Waals surface area contributed by atoms with E-state index in [0.29, 0.717) is 5.92 Å². The first-order valence-electron chi connectivity index (χ1n) is 6.78. The van der Waals surface area contributed by atoms with Gasteiger partial charge in [-0.3, -0.25) is 0 Å². The molecule has 2 rings (SSSR count). The third kappa shape index (κ3) is 3.27. The van der Waals surface area contributed by atoms with Crippen LogP contribution in [0.1, 0.15) is 44.8 Å². The molecule has 104 valence electrons. The summed E-state index contributed by atoms with van der Waals surface area (Å²) in [6, 6.07) is 4.70. The van der Waals surface area contributed by atoms with Crippen LogP contribution in [0.3, 0.4) is 0 Å². The number of hydrogen-bond acceptors (Lipinski definition) is 1. The quantitative estimate of drug-likeness (QED) is 0.712. The van der Waals surface area contributed by atoms with Crippen LogP contribution >= 0.6 is 11.6 Å². The maximum absolute atomic E-state index is 13.4. The van der Waals surface area contributed by atoms with E-state index in [1.165, 1.54) is 6.07 Å². The van der Waals surface area contributed by atoms with E-state index in [4.69, 9.17) is 11.6 Å². The van der Waals surface area contributed by atoms with Crippen LogP contribution in [0.25, 0.3) is 11.0 Å². The predicted molar refractivity (Wildman–Crippen MR) is 78.0 cm³/mol. The van der Waals surface area contributed by atoms with Crippen molar-refractivity contribution in [1.29, 1.82) is 0 Å². The summed E-state index contributed by atoms with van der Waals surface area (Å²) in [5.74, 6) is 1.26. The van der Waals surface area contributed by atoms with Crippen molar-refractivity contribution in [2.45, 2.75) is 45.5 Å². The van der Waals surface area contributed by atoms with E-state index in [-0.39, 0.29) is 11.2 Å². The summed E-state index contributed by atoms with van der Waals surface area (Å²) in [7, 11) is 0. The van der Waals surface area contributed by atoms with Crippen molar-refractivity contribution in [2.24, 2.45) is 5.92 Å². The number of halogens is 2. The molecule has 0 aliphatic rings. The first-order valence-corrected chi connectivity index (χ1v) is 7.22. The van der Waals surface area contributed by atoms with Crippen molar-refractivity contribution in [1.82, 2.24) is 9.55 Å². The molecule has 0 aliphatic carbocycles. The Labute approximate surface area is 118 Å². The molecule has 1 heterocycles. The van der Waals surface area contributed by atoms with E-state index in [2.05, 4.69) is 23.4 Å². The number of nitrogens with zero attached hydrogens (tertiary/aromatic N) is 2. The van der Waals surface area contributed by atoms with Gasteiger partial charge in [-0.25, -0.2) is 9.37 Å². The van der Waals surface area contributed by atoms with E-state index in [1.807, 2.05) is 6.92 Å². The minimum Gasteiger partial charge on any atom is -0.327 e. The van der Waals surface area contributed by atoms with Crippen molar-refractivity contribution in [3.63, 3.8) is 0 Å². The van der Waals surface area contributed by atoms with Gasteiger partial charge >= 0.3 is 0 Å². The average molecular weight is 283 g/mol. The molecule has 1 atom stereocenters. The van der Waals surface area contributed by atoms with Crippen LogP contribution in [0.4, 0.5) is 4.39 Å². The predicted octanol–water partition coefficient (Wildman–Crippen LogP) is 4.91. The monoisotopic (exact) mass is 282 g/mol. The Hall–Kier alpha value is -1.09. The van der Waals surface area contributed by atoms with Gasteiger partial charge in [0, 0.05) is 6.54 Å². The topological polar surface area (TPSA) is 17.8 Å². The highest BCUT2D eigenvalue weighted by Crippen LogP contribution is 2.25. The maximum Gasteiger partial charge on any atom is 0.127 e. The van der Waals surface area contributed by atoms with Crippen LogP contribution < -0.4 is 0 Å². The third-order valence-corrected chi connectivity index (χ3v) is 3.45. The summed E-state index contributed by atoms with van der Waals surface area (Å²) >= 11 is 6.18. The fourth-order valence-electron chi connectivity index (χ4n) is 2.31. The van der Waals surface area contributed by atoms with Gasteiger partial charge in [-0.15, -0.1) is 11.6 Å². The van der Waals surface area contributed by atoms with E-state index in [1.54, 1.807) is 12.1 Å². The molecule has 0 radical (unpaired) electrons. The van der Waals surface area contributed by atoms with Crippen LogP contribution in [0.5, 0.6) is 0 Å². The Morgan fingerprint density at radius 1 is 1.32 bits per heavy atom. The highest BCUT2D eigenvalue weighted by atomic mass is 35.5. The summed E-state index contributed by atoms with van der Waals surface area (Å²) in [5.41, 5.74) is 1.65. The molecule has 0 amide bonds. The number of aromatic nitrogens is 2. The summed E-state index contributed by atoms with van der Waals surface area (Å²) in [6.07, 6.45) is 2.20. The first kappa shape index (κ1) is 14.3. The first-order chi connectivity index (χ1) is 8.99. The lowest BCUT2D eigenvalue weighted by Gasteiger charge is -2.11. The standard InChI is InChI=1S/C15H20ClFN2/c1-10(2)5-4-8-19-14-9-12(17)6-7-13(14)18-15(19)11(3)16/h6-7,9-11H,4-5,8H2,1-3H3. The minimum absolute atomic E-state index is 0.172. The molecule has 19 heavy (non-hydrogen) atoms. The van der Waals surface area contributed by atoms with Crippen LogP contribution in [0, 0.1) is 11.7 Å². The van der Waals surface area contributed by atoms with Crippen LogP contribution in [-0.4, -0.2) is 9.55 Å². The van der Waals surface area contributed by atoms with E-state index >= 15 is 0 Å². The van der Waals surface area contributed by atoms with Gasteiger partial charge in [0.25, 0.3) is 0 Å². The molecule has 4 heteroatoms. The summed E-state index contributed by atoms with van der Waals surface area (Å²) in [4.78, 5) is 4.52. The SMILES string of the molecule is CC(C)CCCn1c(C(C)Cl)nc2ccc(F)cc21. The molecular weight excluding hydrogens is 263 g/mol. The normalized spacial score (nSPS) is 13.4. The Morgan fingerprint density at radius 3 is 2.68 bits per heavy atom. The van der Waals surface area contributed by atoms with Gasteiger partial charge in [-0.1, -0.05) is 13.8 Å². The zero-order valence-corrected chi connectivity index (χ0v) is 12.4. The molecule has 0 aliphatic heterocycles. The van der Waals surface area contributed by atoms with Crippen molar-refractivity contribution in [3.8, 4) is 0 Å². The molecule has 2 nitrogen and oxygen atoms in total. The number of rotatable bonds is 5. The fraction of sp³-hybridized carbons (Fsp3) is 0.533. The molecule has 1 aromatic carbocycles. The summed E-state index contributed by atoms with van der Waals surface area (Å²) < 4.78 is 15.5. The summed E-state index contributed by atoms with van der Waals surface area (Å²) in [6.45, 7) is 7.15. The summed E-state index contributed by atoms with van der Waals surface area (Å²) in [5, 5.41) is -0.172. The number of benzene rings is 1. The van der Waals surface area contributed by atoms with Gasteiger partial charge in [0.2, 0.25) is 0 Å². The zero-order valence-electron chi connectivity index (χ0n) is 11.7. The molecule has 0 fully saturated rings. The Morgan fingerprint density at radius 2 is 2.05 bits per heavy atom. The van der Waals surface area contributed by atoms with Gasteiger partial charge in [0.15, 0.2) is 0 Å². The van der Waals surface area contributed by atoms with Gasteiger partial charge in [-0.2, -0.15) is 0 Å². The van der Waals surface area contributed by atoms with Crippen LogP contribution in [-0.2, 0) is 6.54 Å². The van der Waals surface area contributed by atoms with Crippen molar-refractivity contribution >= 4 is 22.6 Å². The average Bonchev–Trinajstić information content (AvgIpc) is 2.67.